The van der Waals surface area contributed by atoms with Crippen LogP contribution in [0.5, 0.6) is 5.75 Å². The zero-order valence-electron chi connectivity index (χ0n) is 21.1. The van der Waals surface area contributed by atoms with Crippen molar-refractivity contribution in [1.29, 1.82) is 0 Å². The summed E-state index contributed by atoms with van der Waals surface area (Å²) in [6.07, 6.45) is 3.25. The third-order valence-electron chi connectivity index (χ3n) is 5.06. The fraction of sp³-hybridized carbons (Fsp3) is 0.640. The molecule has 9 heteroatoms. The number of nitrogens with zero attached hydrogens (tertiary/aromatic N) is 1. The number of phenolic OH excluding ortho intramolecular Hbond substituents is 1. The molecule has 0 aliphatic heterocycles. The summed E-state index contributed by atoms with van der Waals surface area (Å²) in [7, 11) is 0. The number of hydrogen-bond donors (Lipinski definition) is 4. The quantitative estimate of drug-likeness (QED) is 0.322. The number of carbonyl (C=O) groups excluding carboxylic acids is 3. The minimum atomic E-state index is -1.28. The molecule has 9 nitrogen and oxygen atoms in total. The number of phenols is 1. The number of ether oxygens (including phenoxy) is 1. The molecule has 0 spiro atoms. The molecule has 0 saturated heterocycles. The van der Waals surface area contributed by atoms with Crippen molar-refractivity contribution in [3.05, 3.63) is 29.8 Å². The van der Waals surface area contributed by atoms with Crippen LogP contribution < -0.4 is 10.6 Å². The Balaban J connectivity index is 3.30. The molecule has 34 heavy (non-hydrogen) atoms. The number of rotatable bonds is 13. The monoisotopic (exact) mass is 479 g/mol. The molecular weight excluding hydrogens is 438 g/mol. The van der Waals surface area contributed by atoms with Gasteiger partial charge in [0.15, 0.2) is 0 Å². The predicted molar refractivity (Wildman–Crippen MR) is 130 cm³/mol. The lowest BCUT2D eigenvalue weighted by Crippen LogP contribution is -2.54. The first-order chi connectivity index (χ1) is 16.0. The molecule has 0 saturated carbocycles. The number of nitrogens with one attached hydrogen (secondary N) is 2. The van der Waals surface area contributed by atoms with Crippen LogP contribution in [0.15, 0.2) is 24.3 Å². The minimum absolute atomic E-state index is 0.0394. The van der Waals surface area contributed by atoms with Crippen molar-refractivity contribution in [3.8, 4) is 5.75 Å². The first-order valence-electron chi connectivity index (χ1n) is 12.0. The average molecular weight is 480 g/mol. The number of carbonyl (C=O) groups is 3. The lowest BCUT2D eigenvalue weighted by Gasteiger charge is -2.34. The predicted octanol–water partition coefficient (Wildman–Crippen LogP) is 3.25. The number of hydrogen-bond acceptors (Lipinski definition) is 6. The van der Waals surface area contributed by atoms with Gasteiger partial charge in [-0.3, -0.25) is 9.59 Å². The Morgan fingerprint density at radius 3 is 2.18 bits per heavy atom. The highest BCUT2D eigenvalue weighted by molar-refractivity contribution is 5.92. The standard InChI is InChI=1S/C25H41N3O6/c1-6-8-10-16-28(23(32)20(17-29)27-24(33)34-25(3,4)5)21(22(31)26-15-9-7-2)18-11-13-19(30)14-12-18/h11-14,20-21,29-30H,6-10,15-17H2,1-5H3,(H,26,31)(H,27,33). The lowest BCUT2D eigenvalue weighted by molar-refractivity contribution is -0.143. The zero-order valence-corrected chi connectivity index (χ0v) is 21.1. The van der Waals surface area contributed by atoms with Crippen molar-refractivity contribution >= 4 is 17.9 Å². The van der Waals surface area contributed by atoms with E-state index in [9.17, 15) is 24.6 Å². The summed E-state index contributed by atoms with van der Waals surface area (Å²) in [4.78, 5) is 40.5. The Labute approximate surface area is 202 Å². The molecule has 1 aromatic rings. The molecule has 1 aromatic carbocycles. The minimum Gasteiger partial charge on any atom is -0.508 e. The van der Waals surface area contributed by atoms with E-state index in [1.54, 1.807) is 32.9 Å². The second-order valence-corrected chi connectivity index (χ2v) is 9.26. The van der Waals surface area contributed by atoms with Gasteiger partial charge in [0.1, 0.15) is 23.4 Å². The molecule has 4 N–H and O–H groups in total. The van der Waals surface area contributed by atoms with E-state index < -0.39 is 36.3 Å². The fourth-order valence-corrected chi connectivity index (χ4v) is 3.35. The van der Waals surface area contributed by atoms with Gasteiger partial charge in [-0.1, -0.05) is 45.2 Å². The third-order valence-corrected chi connectivity index (χ3v) is 5.06. The number of aliphatic hydroxyl groups is 1. The van der Waals surface area contributed by atoms with Crippen molar-refractivity contribution < 1.29 is 29.3 Å². The summed E-state index contributed by atoms with van der Waals surface area (Å²) < 4.78 is 5.23. The van der Waals surface area contributed by atoms with E-state index in [-0.39, 0.29) is 18.2 Å². The number of unbranched alkanes of at least 4 members (excludes halogenated alkanes) is 3. The van der Waals surface area contributed by atoms with Gasteiger partial charge in [0, 0.05) is 13.1 Å². The number of alkyl carbamates (subject to hydrolysis) is 1. The Morgan fingerprint density at radius 1 is 1.03 bits per heavy atom. The SMILES string of the molecule is CCCCCN(C(=O)C(CO)NC(=O)OC(C)(C)C)C(C(=O)NCCCC)c1ccc(O)cc1. The maximum Gasteiger partial charge on any atom is 0.408 e. The van der Waals surface area contributed by atoms with Crippen molar-refractivity contribution in [2.75, 3.05) is 19.7 Å². The van der Waals surface area contributed by atoms with Crippen LogP contribution in [0.2, 0.25) is 0 Å². The summed E-state index contributed by atoms with van der Waals surface area (Å²) in [6, 6.07) is 3.83. The largest absolute Gasteiger partial charge is 0.508 e. The van der Waals surface area contributed by atoms with Gasteiger partial charge < -0.3 is 30.5 Å². The smallest absolute Gasteiger partial charge is 0.408 e. The Morgan fingerprint density at radius 2 is 1.65 bits per heavy atom. The van der Waals surface area contributed by atoms with Gasteiger partial charge in [-0.25, -0.2) is 4.79 Å². The Kier molecular flexibility index (Phi) is 12.4. The van der Waals surface area contributed by atoms with E-state index in [4.69, 9.17) is 4.74 Å². The van der Waals surface area contributed by atoms with Crippen LogP contribution in [-0.2, 0) is 14.3 Å². The third kappa shape index (κ3) is 9.99. The van der Waals surface area contributed by atoms with Gasteiger partial charge in [-0.15, -0.1) is 0 Å². The van der Waals surface area contributed by atoms with E-state index in [2.05, 4.69) is 10.6 Å². The van der Waals surface area contributed by atoms with Crippen LogP contribution in [0.4, 0.5) is 4.79 Å². The highest BCUT2D eigenvalue weighted by atomic mass is 16.6. The maximum absolute atomic E-state index is 13.6. The number of aliphatic hydroxyl groups excluding tert-OH is 1. The molecular formula is C25H41N3O6. The van der Waals surface area contributed by atoms with Crippen molar-refractivity contribution in [1.82, 2.24) is 15.5 Å². The van der Waals surface area contributed by atoms with Crippen LogP contribution in [0, 0.1) is 0 Å². The van der Waals surface area contributed by atoms with Gasteiger partial charge in [0.05, 0.1) is 6.61 Å². The Hall–Kier alpha value is -2.81. The highest BCUT2D eigenvalue weighted by Crippen LogP contribution is 2.25. The van der Waals surface area contributed by atoms with E-state index in [1.165, 1.54) is 17.0 Å². The molecule has 1 rings (SSSR count). The van der Waals surface area contributed by atoms with Gasteiger partial charge >= 0.3 is 6.09 Å². The molecule has 0 aliphatic carbocycles. The van der Waals surface area contributed by atoms with E-state index in [0.717, 1.165) is 25.7 Å². The highest BCUT2D eigenvalue weighted by Gasteiger charge is 2.35. The van der Waals surface area contributed by atoms with Crippen LogP contribution >= 0.6 is 0 Å². The van der Waals surface area contributed by atoms with Crippen LogP contribution in [0.25, 0.3) is 0 Å². The fourth-order valence-electron chi connectivity index (χ4n) is 3.35. The molecule has 0 fully saturated rings. The molecule has 0 aromatic heterocycles. The zero-order chi connectivity index (χ0) is 25.7. The van der Waals surface area contributed by atoms with E-state index >= 15 is 0 Å². The van der Waals surface area contributed by atoms with Gasteiger partial charge in [-0.05, 0) is 51.3 Å². The van der Waals surface area contributed by atoms with Crippen LogP contribution in [-0.4, -0.2) is 64.4 Å². The van der Waals surface area contributed by atoms with Crippen molar-refractivity contribution in [2.24, 2.45) is 0 Å². The molecule has 2 atom stereocenters. The van der Waals surface area contributed by atoms with Gasteiger partial charge in [0.2, 0.25) is 11.8 Å². The number of benzene rings is 1. The summed E-state index contributed by atoms with van der Waals surface area (Å²) in [5, 5.41) is 24.9. The van der Waals surface area contributed by atoms with Gasteiger partial charge in [0.25, 0.3) is 0 Å². The summed E-state index contributed by atoms with van der Waals surface area (Å²) in [6.45, 7) is 9.19. The lowest BCUT2D eigenvalue weighted by atomic mass is 10.0. The second-order valence-electron chi connectivity index (χ2n) is 9.26. The second kappa shape index (κ2) is 14.5. The van der Waals surface area contributed by atoms with Crippen LogP contribution in [0.3, 0.4) is 0 Å². The van der Waals surface area contributed by atoms with E-state index in [0.29, 0.717) is 18.5 Å². The van der Waals surface area contributed by atoms with Gasteiger partial charge in [-0.2, -0.15) is 0 Å². The average Bonchev–Trinajstić information content (AvgIpc) is 2.76. The first-order valence-corrected chi connectivity index (χ1v) is 12.0. The number of amides is 3. The van der Waals surface area contributed by atoms with E-state index in [1.807, 2.05) is 13.8 Å². The first kappa shape index (κ1) is 29.2. The Bertz CT molecular complexity index is 776. The number of aromatic hydroxyl groups is 1. The molecule has 0 radical (unpaired) electrons. The molecule has 3 amide bonds. The molecule has 0 heterocycles. The summed E-state index contributed by atoms with van der Waals surface area (Å²) in [5.41, 5.74) is -0.257. The molecule has 0 bridgehead atoms. The van der Waals surface area contributed by atoms with Crippen molar-refractivity contribution in [2.45, 2.75) is 84.4 Å². The maximum atomic E-state index is 13.6. The topological polar surface area (TPSA) is 128 Å². The molecule has 2 unspecified atom stereocenters. The molecule has 192 valence electrons. The normalized spacial score (nSPS) is 13.0. The van der Waals surface area contributed by atoms with Crippen molar-refractivity contribution in [3.63, 3.8) is 0 Å². The summed E-state index contributed by atoms with van der Waals surface area (Å²) >= 11 is 0. The summed E-state index contributed by atoms with van der Waals surface area (Å²) in [5.74, 6) is -0.913. The molecule has 0 aliphatic rings. The van der Waals surface area contributed by atoms with Crippen LogP contribution in [0.1, 0.15) is 78.3 Å².